The van der Waals surface area contributed by atoms with Gasteiger partial charge in [0.05, 0.1) is 5.69 Å². The predicted molar refractivity (Wildman–Crippen MR) is 76.3 cm³/mol. The number of sulfonamides is 1. The number of hydrogen-bond acceptors (Lipinski definition) is 4. The van der Waals surface area contributed by atoms with Crippen LogP contribution in [0.15, 0.2) is 29.2 Å². The van der Waals surface area contributed by atoms with Crippen LogP contribution in [0.4, 0.5) is 5.69 Å². The van der Waals surface area contributed by atoms with Gasteiger partial charge in [0.25, 0.3) is 0 Å². The van der Waals surface area contributed by atoms with Crippen LogP contribution in [0.3, 0.4) is 0 Å². The molecule has 1 aromatic rings. The van der Waals surface area contributed by atoms with Crippen LogP contribution >= 0.6 is 0 Å². The third kappa shape index (κ3) is 2.91. The van der Waals surface area contributed by atoms with Gasteiger partial charge < -0.3 is 5.73 Å². The van der Waals surface area contributed by atoms with Crippen molar-refractivity contribution in [3.05, 3.63) is 24.3 Å². The molecule has 0 radical (unpaired) electrons. The van der Waals surface area contributed by atoms with Gasteiger partial charge in [-0.05, 0) is 26.0 Å². The molecule has 0 atom stereocenters. The second-order valence-electron chi connectivity index (χ2n) is 5.07. The first-order chi connectivity index (χ1) is 8.93. The van der Waals surface area contributed by atoms with Gasteiger partial charge in [-0.2, -0.15) is 4.31 Å². The highest BCUT2D eigenvalue weighted by Gasteiger charge is 2.30. The van der Waals surface area contributed by atoms with Gasteiger partial charge in [-0.25, -0.2) is 8.42 Å². The van der Waals surface area contributed by atoms with Crippen LogP contribution < -0.4 is 5.73 Å². The lowest BCUT2D eigenvalue weighted by atomic mass is 10.3. The van der Waals surface area contributed by atoms with E-state index >= 15 is 0 Å². The van der Waals surface area contributed by atoms with Crippen molar-refractivity contribution in [3.8, 4) is 0 Å². The largest absolute Gasteiger partial charge is 0.398 e. The molecule has 6 heteroatoms. The summed E-state index contributed by atoms with van der Waals surface area (Å²) in [6.45, 7) is 6.83. The van der Waals surface area contributed by atoms with Crippen molar-refractivity contribution >= 4 is 15.7 Å². The lowest BCUT2D eigenvalue weighted by Crippen LogP contribution is -2.50. The van der Waals surface area contributed by atoms with Crippen molar-refractivity contribution in [1.82, 2.24) is 9.21 Å². The number of benzene rings is 1. The molecule has 1 heterocycles. The van der Waals surface area contributed by atoms with E-state index in [1.54, 1.807) is 24.3 Å². The maximum atomic E-state index is 12.5. The lowest BCUT2D eigenvalue weighted by molar-refractivity contribution is 0.154. The molecule has 5 nitrogen and oxygen atoms in total. The molecule has 0 saturated carbocycles. The predicted octanol–water partition coefficient (Wildman–Crippen LogP) is 0.983. The molecule has 19 heavy (non-hydrogen) atoms. The van der Waals surface area contributed by atoms with E-state index in [2.05, 4.69) is 18.7 Å². The summed E-state index contributed by atoms with van der Waals surface area (Å²) in [5, 5.41) is 0. The number of nitrogens with zero attached hydrogens (tertiary/aromatic N) is 2. The molecule has 0 unspecified atom stereocenters. The summed E-state index contributed by atoms with van der Waals surface area (Å²) >= 11 is 0. The van der Waals surface area contributed by atoms with Crippen molar-refractivity contribution in [2.45, 2.75) is 24.8 Å². The Kier molecular flexibility index (Phi) is 4.13. The fourth-order valence-electron chi connectivity index (χ4n) is 2.31. The van der Waals surface area contributed by atoms with Crippen molar-refractivity contribution in [3.63, 3.8) is 0 Å². The standard InChI is InChI=1S/C13H21N3O2S/c1-11(2)15-7-9-16(10-8-15)19(17,18)13-6-4-3-5-12(13)14/h3-6,11H,7-10,14H2,1-2H3. The van der Waals surface area contributed by atoms with Crippen molar-refractivity contribution < 1.29 is 8.42 Å². The Morgan fingerprint density at radius 2 is 1.68 bits per heavy atom. The second-order valence-corrected chi connectivity index (χ2v) is 6.98. The van der Waals surface area contributed by atoms with Gasteiger partial charge in [0.1, 0.15) is 4.90 Å². The summed E-state index contributed by atoms with van der Waals surface area (Å²) in [6.07, 6.45) is 0. The van der Waals surface area contributed by atoms with Gasteiger partial charge in [-0.1, -0.05) is 12.1 Å². The summed E-state index contributed by atoms with van der Waals surface area (Å²) in [5.41, 5.74) is 6.09. The smallest absolute Gasteiger partial charge is 0.245 e. The van der Waals surface area contributed by atoms with Gasteiger partial charge in [-0.15, -0.1) is 0 Å². The topological polar surface area (TPSA) is 66.6 Å². The van der Waals surface area contributed by atoms with E-state index in [1.165, 1.54) is 4.31 Å². The van der Waals surface area contributed by atoms with Gasteiger partial charge in [0, 0.05) is 32.2 Å². The van der Waals surface area contributed by atoms with E-state index in [-0.39, 0.29) is 4.90 Å². The van der Waals surface area contributed by atoms with E-state index in [0.29, 0.717) is 24.8 Å². The minimum Gasteiger partial charge on any atom is -0.398 e. The SMILES string of the molecule is CC(C)N1CCN(S(=O)(=O)c2ccccc2N)CC1. The molecule has 1 saturated heterocycles. The quantitative estimate of drug-likeness (QED) is 0.840. The van der Waals surface area contributed by atoms with Crippen LogP contribution in [0.25, 0.3) is 0 Å². The molecule has 0 bridgehead atoms. The number of piperazine rings is 1. The monoisotopic (exact) mass is 283 g/mol. The molecule has 106 valence electrons. The highest BCUT2D eigenvalue weighted by atomic mass is 32.2. The van der Waals surface area contributed by atoms with E-state index < -0.39 is 10.0 Å². The highest BCUT2D eigenvalue weighted by molar-refractivity contribution is 7.89. The van der Waals surface area contributed by atoms with Crippen LogP contribution in [-0.4, -0.2) is 49.8 Å². The van der Waals surface area contributed by atoms with E-state index in [1.807, 2.05) is 0 Å². The summed E-state index contributed by atoms with van der Waals surface area (Å²) in [4.78, 5) is 2.49. The number of nitrogen functional groups attached to an aromatic ring is 1. The van der Waals surface area contributed by atoms with Crippen molar-refractivity contribution in [2.24, 2.45) is 0 Å². The molecule has 1 aliphatic heterocycles. The molecule has 0 aliphatic carbocycles. The zero-order valence-electron chi connectivity index (χ0n) is 11.4. The van der Waals surface area contributed by atoms with Gasteiger partial charge in [0.15, 0.2) is 0 Å². The minimum absolute atomic E-state index is 0.216. The van der Waals surface area contributed by atoms with Gasteiger partial charge in [-0.3, -0.25) is 4.90 Å². The maximum absolute atomic E-state index is 12.5. The molecular weight excluding hydrogens is 262 g/mol. The molecule has 1 aromatic carbocycles. The first-order valence-electron chi connectivity index (χ1n) is 6.51. The zero-order valence-corrected chi connectivity index (χ0v) is 12.2. The van der Waals surface area contributed by atoms with E-state index in [4.69, 9.17) is 5.73 Å². The normalized spacial score (nSPS) is 18.9. The van der Waals surface area contributed by atoms with Crippen LogP contribution in [0.2, 0.25) is 0 Å². The first-order valence-corrected chi connectivity index (χ1v) is 7.95. The summed E-state index contributed by atoms with van der Waals surface area (Å²) < 4.78 is 26.5. The molecular formula is C13H21N3O2S. The number of hydrogen-bond donors (Lipinski definition) is 1. The number of rotatable bonds is 3. The Morgan fingerprint density at radius 1 is 1.11 bits per heavy atom. The molecule has 2 rings (SSSR count). The fraction of sp³-hybridized carbons (Fsp3) is 0.538. The van der Waals surface area contributed by atoms with E-state index in [9.17, 15) is 8.42 Å². The Hall–Kier alpha value is -1.11. The fourth-order valence-corrected chi connectivity index (χ4v) is 3.85. The Balaban J connectivity index is 2.17. The van der Waals surface area contributed by atoms with Crippen LogP contribution in [-0.2, 0) is 10.0 Å². The van der Waals surface area contributed by atoms with Crippen LogP contribution in [0.1, 0.15) is 13.8 Å². The van der Waals surface area contributed by atoms with Crippen molar-refractivity contribution in [1.29, 1.82) is 0 Å². The van der Waals surface area contributed by atoms with Gasteiger partial charge >= 0.3 is 0 Å². The highest BCUT2D eigenvalue weighted by Crippen LogP contribution is 2.23. The Labute approximate surface area is 115 Å². The molecule has 1 aliphatic rings. The van der Waals surface area contributed by atoms with Crippen LogP contribution in [0.5, 0.6) is 0 Å². The summed E-state index contributed by atoms with van der Waals surface area (Å²) in [5.74, 6) is 0. The number of nitrogens with two attached hydrogens (primary N) is 1. The molecule has 1 fully saturated rings. The number of para-hydroxylation sites is 1. The average molecular weight is 283 g/mol. The average Bonchev–Trinajstić information content (AvgIpc) is 2.39. The third-order valence-electron chi connectivity index (χ3n) is 3.54. The minimum atomic E-state index is -3.46. The molecule has 2 N–H and O–H groups in total. The maximum Gasteiger partial charge on any atom is 0.245 e. The first kappa shape index (κ1) is 14.3. The summed E-state index contributed by atoms with van der Waals surface area (Å²) in [7, 11) is -3.46. The Bertz CT molecular complexity index is 535. The molecule has 0 aromatic heterocycles. The summed E-state index contributed by atoms with van der Waals surface area (Å²) in [6, 6.07) is 7.08. The second kappa shape index (κ2) is 5.48. The molecule has 0 spiro atoms. The van der Waals surface area contributed by atoms with E-state index in [0.717, 1.165) is 13.1 Å². The zero-order chi connectivity index (χ0) is 14.0. The number of anilines is 1. The van der Waals surface area contributed by atoms with Crippen molar-refractivity contribution in [2.75, 3.05) is 31.9 Å². The van der Waals surface area contributed by atoms with Gasteiger partial charge in [0.2, 0.25) is 10.0 Å². The lowest BCUT2D eigenvalue weighted by Gasteiger charge is -2.36. The van der Waals surface area contributed by atoms with Crippen LogP contribution in [0, 0.1) is 0 Å². The molecule has 0 amide bonds. The third-order valence-corrected chi connectivity index (χ3v) is 5.51. The Morgan fingerprint density at radius 3 is 2.21 bits per heavy atom.